The van der Waals surface area contributed by atoms with E-state index in [0.29, 0.717) is 37.6 Å². The van der Waals surface area contributed by atoms with E-state index in [1.165, 1.54) is 42.7 Å². The number of morpholine rings is 1. The van der Waals surface area contributed by atoms with Crippen LogP contribution in [0.4, 0.5) is 10.1 Å². The second kappa shape index (κ2) is 7.18. The maximum absolute atomic E-state index is 12.9. The van der Waals surface area contributed by atoms with Gasteiger partial charge in [-0.25, -0.2) is 4.39 Å². The van der Waals surface area contributed by atoms with E-state index in [2.05, 4.69) is 10.3 Å². The molecule has 7 heteroatoms. The summed E-state index contributed by atoms with van der Waals surface area (Å²) >= 11 is 0. The molecule has 2 heterocycles. The van der Waals surface area contributed by atoms with E-state index in [0.717, 1.165) is 0 Å². The molecule has 2 amide bonds. The smallest absolute Gasteiger partial charge is 0.257 e. The summed E-state index contributed by atoms with van der Waals surface area (Å²) < 4.78 is 18.1. The number of nitrogens with zero attached hydrogens (tertiary/aromatic N) is 2. The molecule has 0 radical (unpaired) electrons. The minimum absolute atomic E-state index is 0.178. The SMILES string of the molecule is O=C(Nc1ccc(F)cc1)c1cncc(C(=O)N2CCOCC2)c1. The third-order valence-electron chi connectivity index (χ3n) is 3.65. The molecule has 0 bridgehead atoms. The van der Waals surface area contributed by atoms with Gasteiger partial charge in [0.25, 0.3) is 11.8 Å². The highest BCUT2D eigenvalue weighted by molar-refractivity contribution is 6.05. The summed E-state index contributed by atoms with van der Waals surface area (Å²) in [4.78, 5) is 30.3. The van der Waals surface area contributed by atoms with E-state index in [1.807, 2.05) is 0 Å². The summed E-state index contributed by atoms with van der Waals surface area (Å²) in [6.45, 7) is 2.05. The fraction of sp³-hybridized carbons (Fsp3) is 0.235. The highest BCUT2D eigenvalue weighted by Gasteiger charge is 2.20. The van der Waals surface area contributed by atoms with Crippen LogP contribution in [0.2, 0.25) is 0 Å². The van der Waals surface area contributed by atoms with E-state index in [9.17, 15) is 14.0 Å². The summed E-state index contributed by atoms with van der Waals surface area (Å²) in [7, 11) is 0. The summed E-state index contributed by atoms with van der Waals surface area (Å²) in [6.07, 6.45) is 2.82. The number of ether oxygens (including phenoxy) is 1. The van der Waals surface area contributed by atoms with Crippen LogP contribution in [0.25, 0.3) is 0 Å². The number of carbonyl (C=O) groups excluding carboxylic acids is 2. The highest BCUT2D eigenvalue weighted by atomic mass is 19.1. The van der Waals surface area contributed by atoms with E-state index in [4.69, 9.17) is 4.74 Å². The molecule has 1 aromatic heterocycles. The molecule has 1 aliphatic rings. The van der Waals surface area contributed by atoms with Gasteiger partial charge in [-0.05, 0) is 30.3 Å². The minimum Gasteiger partial charge on any atom is -0.378 e. The Morgan fingerprint density at radius 2 is 1.75 bits per heavy atom. The van der Waals surface area contributed by atoms with Crippen molar-refractivity contribution < 1.29 is 18.7 Å². The van der Waals surface area contributed by atoms with Crippen LogP contribution < -0.4 is 5.32 Å². The summed E-state index contributed by atoms with van der Waals surface area (Å²) in [5, 5.41) is 2.64. The van der Waals surface area contributed by atoms with Gasteiger partial charge in [-0.1, -0.05) is 0 Å². The first-order valence-electron chi connectivity index (χ1n) is 7.52. The van der Waals surface area contributed by atoms with Gasteiger partial charge in [0.1, 0.15) is 5.82 Å². The van der Waals surface area contributed by atoms with Gasteiger partial charge >= 0.3 is 0 Å². The molecule has 6 nitrogen and oxygen atoms in total. The van der Waals surface area contributed by atoms with E-state index in [-0.39, 0.29) is 17.3 Å². The average Bonchev–Trinajstić information content (AvgIpc) is 2.64. The molecule has 1 aliphatic heterocycles. The monoisotopic (exact) mass is 329 g/mol. The number of halogens is 1. The van der Waals surface area contributed by atoms with Crippen molar-refractivity contribution in [1.82, 2.24) is 9.88 Å². The third kappa shape index (κ3) is 3.75. The van der Waals surface area contributed by atoms with Crippen molar-refractivity contribution in [2.24, 2.45) is 0 Å². The second-order valence-corrected chi connectivity index (χ2v) is 5.33. The Balaban J connectivity index is 1.73. The lowest BCUT2D eigenvalue weighted by Gasteiger charge is -2.26. The van der Waals surface area contributed by atoms with Crippen LogP contribution in [-0.2, 0) is 4.74 Å². The molecule has 0 saturated carbocycles. The van der Waals surface area contributed by atoms with Crippen LogP contribution in [-0.4, -0.2) is 48.0 Å². The fourth-order valence-corrected chi connectivity index (χ4v) is 2.37. The Hall–Kier alpha value is -2.80. The van der Waals surface area contributed by atoms with Crippen molar-refractivity contribution in [3.63, 3.8) is 0 Å². The molecule has 0 unspecified atom stereocenters. The van der Waals surface area contributed by atoms with Gasteiger partial charge in [0.15, 0.2) is 0 Å². The molecule has 0 aliphatic carbocycles. The van der Waals surface area contributed by atoms with Crippen LogP contribution >= 0.6 is 0 Å². The number of hydrogen-bond acceptors (Lipinski definition) is 4. The zero-order valence-electron chi connectivity index (χ0n) is 12.9. The van der Waals surface area contributed by atoms with Crippen LogP contribution in [0.15, 0.2) is 42.7 Å². The number of nitrogens with one attached hydrogen (secondary N) is 1. The quantitative estimate of drug-likeness (QED) is 0.934. The number of carbonyl (C=O) groups is 2. The number of hydrogen-bond donors (Lipinski definition) is 1. The Morgan fingerprint density at radius 1 is 1.08 bits per heavy atom. The van der Waals surface area contributed by atoms with Crippen LogP contribution in [0.5, 0.6) is 0 Å². The first-order chi connectivity index (χ1) is 11.6. The third-order valence-corrected chi connectivity index (χ3v) is 3.65. The molecular formula is C17H16FN3O3. The van der Waals surface area contributed by atoms with E-state index in [1.54, 1.807) is 4.90 Å². The number of anilines is 1. The molecular weight excluding hydrogens is 313 g/mol. The van der Waals surface area contributed by atoms with Gasteiger partial charge in [-0.15, -0.1) is 0 Å². The predicted octanol–water partition coefficient (Wildman–Crippen LogP) is 1.95. The first-order valence-corrected chi connectivity index (χ1v) is 7.52. The van der Waals surface area contributed by atoms with Crippen molar-refractivity contribution >= 4 is 17.5 Å². The van der Waals surface area contributed by atoms with Crippen LogP contribution in [0.1, 0.15) is 20.7 Å². The van der Waals surface area contributed by atoms with Gasteiger partial charge in [-0.2, -0.15) is 0 Å². The highest BCUT2D eigenvalue weighted by Crippen LogP contribution is 2.12. The van der Waals surface area contributed by atoms with E-state index < -0.39 is 5.91 Å². The maximum Gasteiger partial charge on any atom is 0.257 e. The Labute approximate surface area is 138 Å². The van der Waals surface area contributed by atoms with Gasteiger partial charge in [0, 0.05) is 31.2 Å². The van der Waals surface area contributed by atoms with Gasteiger partial charge in [-0.3, -0.25) is 14.6 Å². The van der Waals surface area contributed by atoms with Crippen molar-refractivity contribution in [3.05, 3.63) is 59.7 Å². The molecule has 0 atom stereocenters. The molecule has 2 aromatic rings. The number of pyridine rings is 1. The summed E-state index contributed by atoms with van der Waals surface area (Å²) in [5.41, 5.74) is 1.08. The normalized spacial score (nSPS) is 14.3. The lowest BCUT2D eigenvalue weighted by atomic mass is 10.1. The molecule has 124 valence electrons. The molecule has 1 fully saturated rings. The fourth-order valence-electron chi connectivity index (χ4n) is 2.37. The van der Waals surface area contributed by atoms with Crippen molar-refractivity contribution in [2.75, 3.05) is 31.6 Å². The lowest BCUT2D eigenvalue weighted by molar-refractivity contribution is 0.0302. The largest absolute Gasteiger partial charge is 0.378 e. The molecule has 24 heavy (non-hydrogen) atoms. The zero-order valence-corrected chi connectivity index (χ0v) is 12.9. The number of rotatable bonds is 3. The zero-order chi connectivity index (χ0) is 16.9. The molecule has 1 saturated heterocycles. The summed E-state index contributed by atoms with van der Waals surface area (Å²) in [5.74, 6) is -0.972. The Kier molecular flexibility index (Phi) is 4.81. The minimum atomic E-state index is -0.411. The van der Waals surface area contributed by atoms with E-state index >= 15 is 0 Å². The standard InChI is InChI=1S/C17H16FN3O3/c18-14-1-3-15(4-2-14)20-16(22)12-9-13(11-19-10-12)17(23)21-5-7-24-8-6-21/h1-4,9-11H,5-8H2,(H,20,22). The molecule has 0 spiro atoms. The Bertz CT molecular complexity index is 743. The lowest BCUT2D eigenvalue weighted by Crippen LogP contribution is -2.40. The second-order valence-electron chi connectivity index (χ2n) is 5.33. The van der Waals surface area contributed by atoms with Crippen molar-refractivity contribution in [1.29, 1.82) is 0 Å². The van der Waals surface area contributed by atoms with Gasteiger partial charge in [0.05, 0.1) is 24.3 Å². The number of aromatic nitrogens is 1. The first kappa shape index (κ1) is 16.1. The van der Waals surface area contributed by atoms with Crippen molar-refractivity contribution in [2.45, 2.75) is 0 Å². The molecule has 3 rings (SSSR count). The molecule has 1 aromatic carbocycles. The van der Waals surface area contributed by atoms with Crippen LogP contribution in [0.3, 0.4) is 0 Å². The summed E-state index contributed by atoms with van der Waals surface area (Å²) in [6, 6.07) is 6.94. The average molecular weight is 329 g/mol. The number of benzene rings is 1. The topological polar surface area (TPSA) is 71.5 Å². The van der Waals surface area contributed by atoms with Gasteiger partial charge < -0.3 is 15.0 Å². The van der Waals surface area contributed by atoms with Crippen LogP contribution in [0, 0.1) is 5.82 Å². The van der Waals surface area contributed by atoms with Crippen molar-refractivity contribution in [3.8, 4) is 0 Å². The molecule has 1 N–H and O–H groups in total. The van der Waals surface area contributed by atoms with Gasteiger partial charge in [0.2, 0.25) is 0 Å². The maximum atomic E-state index is 12.9. The number of amides is 2. The Morgan fingerprint density at radius 3 is 2.46 bits per heavy atom. The predicted molar refractivity (Wildman–Crippen MR) is 85.3 cm³/mol.